The highest BCUT2D eigenvalue weighted by Gasteiger charge is 2.29. The van der Waals surface area contributed by atoms with Crippen LogP contribution >= 0.6 is 0 Å². The summed E-state index contributed by atoms with van der Waals surface area (Å²) in [7, 11) is 0. The van der Waals surface area contributed by atoms with Crippen molar-refractivity contribution in [2.45, 2.75) is 25.8 Å². The van der Waals surface area contributed by atoms with E-state index in [-0.39, 0.29) is 17.9 Å². The topological polar surface area (TPSA) is 85.4 Å². The van der Waals surface area contributed by atoms with E-state index in [9.17, 15) is 4.79 Å². The average Bonchev–Trinajstić information content (AvgIpc) is 2.99. The van der Waals surface area contributed by atoms with Crippen LogP contribution in [0.25, 0.3) is 0 Å². The lowest BCUT2D eigenvalue weighted by atomic mass is 10.2. The zero-order valence-corrected chi connectivity index (χ0v) is 11.5. The predicted octanol–water partition coefficient (Wildman–Crippen LogP) is -0.0453. The first-order valence-electron chi connectivity index (χ1n) is 6.89. The second-order valence-corrected chi connectivity index (χ2v) is 5.20. The van der Waals surface area contributed by atoms with Crippen LogP contribution in [0.1, 0.15) is 19.8 Å². The van der Waals surface area contributed by atoms with Gasteiger partial charge in [-0.15, -0.1) is 0 Å². The van der Waals surface area contributed by atoms with E-state index in [1.165, 1.54) is 0 Å². The predicted molar refractivity (Wildman–Crippen MR) is 72.2 cm³/mol. The van der Waals surface area contributed by atoms with E-state index in [0.717, 1.165) is 39.0 Å². The first kappa shape index (κ1) is 13.9. The Hall–Kier alpha value is -1.50. The number of likely N-dealkylation sites (tertiary alicyclic amines) is 1. The van der Waals surface area contributed by atoms with E-state index < -0.39 is 0 Å². The minimum absolute atomic E-state index is 0.0889. The molecule has 7 nitrogen and oxygen atoms in total. The lowest BCUT2D eigenvalue weighted by Gasteiger charge is -2.38. The van der Waals surface area contributed by atoms with Crippen molar-refractivity contribution < 1.29 is 10.0 Å². The number of rotatable bonds is 2. The molecule has 0 aromatic rings. The maximum Gasteiger partial charge on any atom is 0.320 e. The Morgan fingerprint density at radius 1 is 1.11 bits per heavy atom. The van der Waals surface area contributed by atoms with Gasteiger partial charge in [-0.1, -0.05) is 5.16 Å². The number of oxime groups is 1. The summed E-state index contributed by atoms with van der Waals surface area (Å²) in [5.74, 6) is 0.222. The molecule has 2 rings (SSSR count). The third-order valence-electron chi connectivity index (χ3n) is 4.05. The van der Waals surface area contributed by atoms with Gasteiger partial charge in [0.1, 0.15) is 0 Å². The minimum Gasteiger partial charge on any atom is -0.409 e. The molecular weight excluding hydrogens is 246 g/mol. The van der Waals surface area contributed by atoms with Gasteiger partial charge in [0.15, 0.2) is 5.84 Å². The molecule has 1 unspecified atom stereocenters. The lowest BCUT2D eigenvalue weighted by Crippen LogP contribution is -2.56. The van der Waals surface area contributed by atoms with Crippen LogP contribution in [0.3, 0.4) is 0 Å². The van der Waals surface area contributed by atoms with Crippen LogP contribution in [0, 0.1) is 0 Å². The van der Waals surface area contributed by atoms with Crippen LogP contribution < -0.4 is 5.73 Å². The van der Waals surface area contributed by atoms with Crippen molar-refractivity contribution in [3.8, 4) is 0 Å². The summed E-state index contributed by atoms with van der Waals surface area (Å²) < 4.78 is 0. The molecule has 2 saturated heterocycles. The lowest BCUT2D eigenvalue weighted by molar-refractivity contribution is 0.111. The molecule has 2 aliphatic rings. The fourth-order valence-corrected chi connectivity index (χ4v) is 2.68. The SMILES string of the molecule is CC(C(N)=NO)N1CCN(C(=O)N2CCCC2)CC1. The second-order valence-electron chi connectivity index (χ2n) is 5.20. The third-order valence-corrected chi connectivity index (χ3v) is 4.05. The van der Waals surface area contributed by atoms with E-state index in [1.807, 2.05) is 16.7 Å². The van der Waals surface area contributed by atoms with Crippen LogP contribution in [0.2, 0.25) is 0 Å². The summed E-state index contributed by atoms with van der Waals surface area (Å²) >= 11 is 0. The molecule has 2 heterocycles. The Morgan fingerprint density at radius 3 is 2.16 bits per heavy atom. The van der Waals surface area contributed by atoms with Gasteiger partial charge in [0.2, 0.25) is 0 Å². The molecule has 0 saturated carbocycles. The van der Waals surface area contributed by atoms with Gasteiger partial charge in [0.05, 0.1) is 6.04 Å². The average molecular weight is 269 g/mol. The Balaban J connectivity index is 1.83. The fourth-order valence-electron chi connectivity index (χ4n) is 2.68. The Morgan fingerprint density at radius 2 is 1.63 bits per heavy atom. The van der Waals surface area contributed by atoms with Crippen molar-refractivity contribution in [1.29, 1.82) is 0 Å². The third kappa shape index (κ3) is 3.09. The number of hydrogen-bond acceptors (Lipinski definition) is 4. The number of carbonyl (C=O) groups is 1. The summed E-state index contributed by atoms with van der Waals surface area (Å²) in [6.45, 7) is 6.62. The van der Waals surface area contributed by atoms with Crippen molar-refractivity contribution in [3.05, 3.63) is 0 Å². The molecule has 2 aliphatic heterocycles. The monoisotopic (exact) mass is 269 g/mol. The molecule has 0 aromatic heterocycles. The normalized spacial score (nSPS) is 23.7. The molecule has 2 fully saturated rings. The maximum absolute atomic E-state index is 12.2. The minimum atomic E-state index is -0.0889. The molecule has 3 N–H and O–H groups in total. The molecule has 0 spiro atoms. The zero-order valence-electron chi connectivity index (χ0n) is 11.5. The molecule has 108 valence electrons. The Labute approximate surface area is 113 Å². The number of amides is 2. The first-order chi connectivity index (χ1) is 9.13. The molecule has 0 bridgehead atoms. The summed E-state index contributed by atoms with van der Waals surface area (Å²) in [6, 6.07) is 0.0719. The molecule has 1 atom stereocenters. The molecular formula is C12H23N5O2. The molecule has 19 heavy (non-hydrogen) atoms. The number of amidine groups is 1. The van der Waals surface area contributed by atoms with Gasteiger partial charge < -0.3 is 20.7 Å². The van der Waals surface area contributed by atoms with Crippen molar-refractivity contribution in [2.75, 3.05) is 39.3 Å². The standard InChI is InChI=1S/C12H23N5O2/c1-10(11(13)14-19)15-6-8-17(9-7-15)12(18)16-4-2-3-5-16/h10,19H,2-9H2,1H3,(H2,13,14). The number of piperazine rings is 1. The van der Waals surface area contributed by atoms with E-state index >= 15 is 0 Å². The van der Waals surface area contributed by atoms with Gasteiger partial charge in [0.25, 0.3) is 0 Å². The molecule has 0 aromatic carbocycles. The van der Waals surface area contributed by atoms with Crippen LogP contribution in [0.4, 0.5) is 4.79 Å². The fraction of sp³-hybridized carbons (Fsp3) is 0.833. The summed E-state index contributed by atoms with van der Waals surface area (Å²) in [5.41, 5.74) is 5.61. The van der Waals surface area contributed by atoms with Crippen molar-refractivity contribution in [1.82, 2.24) is 14.7 Å². The number of hydrogen-bond donors (Lipinski definition) is 2. The first-order valence-corrected chi connectivity index (χ1v) is 6.89. The number of urea groups is 1. The van der Waals surface area contributed by atoms with E-state index in [2.05, 4.69) is 10.1 Å². The van der Waals surface area contributed by atoms with Gasteiger partial charge in [-0.05, 0) is 19.8 Å². The number of carbonyl (C=O) groups excluding carboxylic acids is 1. The van der Waals surface area contributed by atoms with E-state index in [1.54, 1.807) is 0 Å². The smallest absolute Gasteiger partial charge is 0.320 e. The Kier molecular flexibility index (Phi) is 4.47. The van der Waals surface area contributed by atoms with Gasteiger partial charge >= 0.3 is 6.03 Å². The van der Waals surface area contributed by atoms with Gasteiger partial charge in [0, 0.05) is 39.3 Å². The number of nitrogens with two attached hydrogens (primary N) is 1. The van der Waals surface area contributed by atoms with Gasteiger partial charge in [-0.25, -0.2) is 4.79 Å². The summed E-state index contributed by atoms with van der Waals surface area (Å²) in [4.78, 5) is 18.2. The summed E-state index contributed by atoms with van der Waals surface area (Å²) in [5, 5.41) is 11.7. The maximum atomic E-state index is 12.2. The van der Waals surface area contributed by atoms with Crippen LogP contribution in [-0.4, -0.2) is 77.1 Å². The van der Waals surface area contributed by atoms with Crippen LogP contribution in [0.15, 0.2) is 5.16 Å². The van der Waals surface area contributed by atoms with Crippen LogP contribution in [0.5, 0.6) is 0 Å². The van der Waals surface area contributed by atoms with Crippen LogP contribution in [-0.2, 0) is 0 Å². The highest BCUT2D eigenvalue weighted by Crippen LogP contribution is 2.13. The van der Waals surface area contributed by atoms with Crippen molar-refractivity contribution >= 4 is 11.9 Å². The second kappa shape index (κ2) is 6.10. The van der Waals surface area contributed by atoms with E-state index in [0.29, 0.717) is 13.1 Å². The molecule has 7 heteroatoms. The zero-order chi connectivity index (χ0) is 13.8. The van der Waals surface area contributed by atoms with Crippen molar-refractivity contribution in [3.63, 3.8) is 0 Å². The van der Waals surface area contributed by atoms with E-state index in [4.69, 9.17) is 10.9 Å². The Bertz CT molecular complexity index is 346. The molecule has 2 amide bonds. The van der Waals surface area contributed by atoms with Gasteiger partial charge in [-0.3, -0.25) is 4.90 Å². The number of nitrogens with zero attached hydrogens (tertiary/aromatic N) is 4. The highest BCUT2D eigenvalue weighted by molar-refractivity contribution is 5.84. The molecule has 0 radical (unpaired) electrons. The largest absolute Gasteiger partial charge is 0.409 e. The summed E-state index contributed by atoms with van der Waals surface area (Å²) in [6.07, 6.45) is 2.23. The highest BCUT2D eigenvalue weighted by atomic mass is 16.4. The van der Waals surface area contributed by atoms with Gasteiger partial charge in [-0.2, -0.15) is 0 Å². The molecule has 0 aliphatic carbocycles. The quantitative estimate of drug-likeness (QED) is 0.319. The van der Waals surface area contributed by atoms with Crippen molar-refractivity contribution in [2.24, 2.45) is 10.9 Å².